The molecule has 0 saturated heterocycles. The number of rotatable bonds is 3. The Labute approximate surface area is 287 Å². The third kappa shape index (κ3) is 3.85. The van der Waals surface area contributed by atoms with Gasteiger partial charge in [-0.25, -0.2) is 0 Å². The Morgan fingerprint density at radius 1 is 0.280 bits per heavy atom. The maximum atomic E-state index is 6.71. The van der Waals surface area contributed by atoms with Crippen LogP contribution in [0.5, 0.6) is 0 Å². The van der Waals surface area contributed by atoms with Gasteiger partial charge in [-0.1, -0.05) is 146 Å². The third-order valence-corrected chi connectivity index (χ3v) is 10.5. The number of hydrogen-bond acceptors (Lipinski definition) is 2. The molecule has 9 aromatic carbocycles. The van der Waals surface area contributed by atoms with Crippen molar-refractivity contribution in [2.45, 2.75) is 0 Å². The number of furan rings is 2. The van der Waals surface area contributed by atoms with Gasteiger partial charge in [0.05, 0.1) is 0 Å². The molecule has 232 valence electrons. The van der Waals surface area contributed by atoms with Crippen molar-refractivity contribution in [1.82, 2.24) is 0 Å². The van der Waals surface area contributed by atoms with Gasteiger partial charge in [0.1, 0.15) is 11.2 Å². The molecule has 0 fully saturated rings. The monoisotopic (exact) mass is 636 g/mol. The molecule has 11 rings (SSSR count). The largest absolute Gasteiger partial charge is 0.452 e. The van der Waals surface area contributed by atoms with Crippen molar-refractivity contribution >= 4 is 76.2 Å². The summed E-state index contributed by atoms with van der Waals surface area (Å²) in [5.74, 6) is 0. The van der Waals surface area contributed by atoms with Gasteiger partial charge in [0.15, 0.2) is 11.2 Å². The molecule has 2 heterocycles. The van der Waals surface area contributed by atoms with E-state index in [0.717, 1.165) is 55.0 Å². The summed E-state index contributed by atoms with van der Waals surface area (Å²) in [5.41, 5.74) is 10.6. The summed E-state index contributed by atoms with van der Waals surface area (Å²) in [6.45, 7) is 0. The van der Waals surface area contributed by atoms with E-state index in [-0.39, 0.29) is 0 Å². The highest BCUT2D eigenvalue weighted by Gasteiger charge is 2.20. The summed E-state index contributed by atoms with van der Waals surface area (Å²) in [6.07, 6.45) is 0. The van der Waals surface area contributed by atoms with Crippen molar-refractivity contribution < 1.29 is 8.83 Å². The molecule has 0 N–H and O–H groups in total. The van der Waals surface area contributed by atoms with Crippen molar-refractivity contribution in [2.24, 2.45) is 0 Å². The smallest absolute Gasteiger partial charge is 0.178 e. The predicted octanol–water partition coefficient (Wildman–Crippen LogP) is 13.9. The topological polar surface area (TPSA) is 26.3 Å². The zero-order chi connectivity index (χ0) is 32.8. The minimum atomic E-state index is 0.795. The zero-order valence-electron chi connectivity index (χ0n) is 27.0. The van der Waals surface area contributed by atoms with Gasteiger partial charge in [-0.2, -0.15) is 0 Å². The Hall–Kier alpha value is -6.64. The fraction of sp³-hybridized carbons (Fsp3) is 0. The van der Waals surface area contributed by atoms with Gasteiger partial charge in [-0.15, -0.1) is 0 Å². The highest BCUT2D eigenvalue weighted by molar-refractivity contribution is 6.27. The number of fused-ring (bicyclic) bond motifs is 11. The van der Waals surface area contributed by atoms with Crippen LogP contribution in [0.25, 0.3) is 110 Å². The third-order valence-electron chi connectivity index (χ3n) is 10.5. The average molecular weight is 637 g/mol. The minimum absolute atomic E-state index is 0.795. The highest BCUT2D eigenvalue weighted by atomic mass is 16.4. The van der Waals surface area contributed by atoms with Crippen molar-refractivity contribution in [3.05, 3.63) is 170 Å². The summed E-state index contributed by atoms with van der Waals surface area (Å²) >= 11 is 0. The Bertz CT molecular complexity index is 3070. The Morgan fingerprint density at radius 2 is 0.740 bits per heavy atom. The van der Waals surface area contributed by atoms with Gasteiger partial charge in [-0.3, -0.25) is 0 Å². The van der Waals surface area contributed by atoms with Crippen LogP contribution in [-0.2, 0) is 0 Å². The molecule has 0 unspecified atom stereocenters. The van der Waals surface area contributed by atoms with Crippen molar-refractivity contribution in [1.29, 1.82) is 0 Å². The maximum absolute atomic E-state index is 6.71. The van der Waals surface area contributed by atoms with E-state index in [9.17, 15) is 0 Å². The van der Waals surface area contributed by atoms with Gasteiger partial charge < -0.3 is 8.83 Å². The van der Waals surface area contributed by atoms with E-state index in [1.54, 1.807) is 0 Å². The van der Waals surface area contributed by atoms with Crippen LogP contribution in [0.1, 0.15) is 0 Å². The molecule has 0 saturated carbocycles. The molecular weight excluding hydrogens is 609 g/mol. The van der Waals surface area contributed by atoms with Gasteiger partial charge >= 0.3 is 0 Å². The molecule has 0 aliphatic rings. The first-order valence-corrected chi connectivity index (χ1v) is 17.1. The van der Waals surface area contributed by atoms with Gasteiger partial charge in [-0.05, 0) is 90.0 Å². The summed E-state index contributed by atoms with van der Waals surface area (Å²) in [5, 5.41) is 11.8. The Kier molecular flexibility index (Phi) is 5.70. The molecule has 0 bridgehead atoms. The lowest BCUT2D eigenvalue weighted by Gasteiger charge is -2.18. The molecule has 50 heavy (non-hydrogen) atoms. The van der Waals surface area contributed by atoms with Gasteiger partial charge in [0.2, 0.25) is 0 Å². The van der Waals surface area contributed by atoms with Crippen molar-refractivity contribution in [3.8, 4) is 33.4 Å². The van der Waals surface area contributed by atoms with Crippen LogP contribution in [0.3, 0.4) is 0 Å². The molecule has 0 atom stereocenters. The quantitative estimate of drug-likeness (QED) is 0.180. The second-order valence-corrected chi connectivity index (χ2v) is 13.1. The van der Waals surface area contributed by atoms with Crippen molar-refractivity contribution in [2.75, 3.05) is 0 Å². The summed E-state index contributed by atoms with van der Waals surface area (Å²) in [7, 11) is 0. The molecule has 2 heteroatoms. The van der Waals surface area contributed by atoms with Crippen LogP contribution in [0.2, 0.25) is 0 Å². The van der Waals surface area contributed by atoms with Crippen LogP contribution in [0.4, 0.5) is 0 Å². The molecular formula is C48H28O2. The molecule has 11 aromatic rings. The first-order chi connectivity index (χ1) is 24.8. The predicted molar refractivity (Wildman–Crippen MR) is 210 cm³/mol. The van der Waals surface area contributed by atoms with Crippen molar-refractivity contribution in [3.63, 3.8) is 0 Å². The minimum Gasteiger partial charge on any atom is -0.452 e. The second kappa shape index (κ2) is 10.4. The molecule has 0 aliphatic heterocycles. The standard InChI is InChI=1S/C48H28O2/c1-2-12-30(13-3-1)44-35-17-6-8-19-37(35)45(38-20-9-7-18-36(38)44)31-24-22-29(23-25-31)41-28-43-46(34-16-5-4-14-32(34)41)40-27-26-39-33-15-10-11-21-42(33)49-47(39)48(40)50-43/h1-28H. The van der Waals surface area contributed by atoms with E-state index >= 15 is 0 Å². The van der Waals surface area contributed by atoms with E-state index < -0.39 is 0 Å². The summed E-state index contributed by atoms with van der Waals surface area (Å²) < 4.78 is 13.1. The Balaban J connectivity index is 1.12. The van der Waals surface area contributed by atoms with Gasteiger partial charge in [0, 0.05) is 21.5 Å². The lowest BCUT2D eigenvalue weighted by Crippen LogP contribution is -1.91. The van der Waals surface area contributed by atoms with Crippen LogP contribution >= 0.6 is 0 Å². The van der Waals surface area contributed by atoms with E-state index in [4.69, 9.17) is 8.83 Å². The molecule has 0 amide bonds. The Morgan fingerprint density at radius 3 is 1.40 bits per heavy atom. The number of benzene rings is 9. The van der Waals surface area contributed by atoms with Crippen LogP contribution < -0.4 is 0 Å². The second-order valence-electron chi connectivity index (χ2n) is 13.1. The fourth-order valence-electron chi connectivity index (χ4n) is 8.29. The lowest BCUT2D eigenvalue weighted by atomic mass is 9.85. The summed E-state index contributed by atoms with van der Waals surface area (Å²) in [4.78, 5) is 0. The van der Waals surface area contributed by atoms with Gasteiger partial charge in [0.25, 0.3) is 0 Å². The zero-order valence-corrected chi connectivity index (χ0v) is 27.0. The molecule has 2 nitrogen and oxygen atoms in total. The first-order valence-electron chi connectivity index (χ1n) is 17.1. The van der Waals surface area contributed by atoms with Crippen LogP contribution in [-0.4, -0.2) is 0 Å². The van der Waals surface area contributed by atoms with E-state index in [2.05, 4.69) is 158 Å². The number of hydrogen-bond donors (Lipinski definition) is 0. The van der Waals surface area contributed by atoms with Crippen LogP contribution in [0, 0.1) is 0 Å². The molecule has 0 aliphatic carbocycles. The SMILES string of the molecule is c1ccc(-c2c3ccccc3c(-c3ccc(-c4cc5oc6c(ccc7c8ccccc8oc76)c5c5ccccc45)cc3)c3ccccc23)cc1. The van der Waals surface area contributed by atoms with E-state index in [1.807, 2.05) is 12.1 Å². The van der Waals surface area contributed by atoms with E-state index in [0.29, 0.717) is 0 Å². The fourth-order valence-corrected chi connectivity index (χ4v) is 8.29. The van der Waals surface area contributed by atoms with Crippen LogP contribution in [0.15, 0.2) is 179 Å². The average Bonchev–Trinajstić information content (AvgIpc) is 3.76. The lowest BCUT2D eigenvalue weighted by molar-refractivity contribution is 0.633. The highest BCUT2D eigenvalue weighted by Crippen LogP contribution is 2.46. The molecule has 2 aromatic heterocycles. The molecule has 0 spiro atoms. The number of para-hydroxylation sites is 1. The molecule has 0 radical (unpaired) electrons. The normalized spacial score (nSPS) is 12.0. The summed E-state index contributed by atoms with van der Waals surface area (Å²) in [6, 6.07) is 60.9. The first kappa shape index (κ1) is 27.3. The van der Waals surface area contributed by atoms with E-state index in [1.165, 1.54) is 54.6 Å². The maximum Gasteiger partial charge on any atom is 0.178 e.